The van der Waals surface area contributed by atoms with Crippen LogP contribution in [0.5, 0.6) is 0 Å². The van der Waals surface area contributed by atoms with E-state index in [0.717, 1.165) is 6.54 Å². The van der Waals surface area contributed by atoms with Gasteiger partial charge >= 0.3 is 5.97 Å². The topological polar surface area (TPSA) is 29.3 Å². The summed E-state index contributed by atoms with van der Waals surface area (Å²) in [6.45, 7) is 2.92. The van der Waals surface area contributed by atoms with Gasteiger partial charge < -0.3 is 4.74 Å². The summed E-state index contributed by atoms with van der Waals surface area (Å²) in [7, 11) is 1.44. The number of esters is 1. The third-order valence-corrected chi connectivity index (χ3v) is 2.90. The highest BCUT2D eigenvalue weighted by Gasteiger charge is 2.44. The molecule has 0 bridgehead atoms. The number of hydrogen-bond acceptors (Lipinski definition) is 3. The molecule has 3 nitrogen and oxygen atoms in total. The van der Waals surface area contributed by atoms with Crippen LogP contribution in [0.2, 0.25) is 0 Å². The third-order valence-electron chi connectivity index (χ3n) is 2.90. The lowest BCUT2D eigenvalue weighted by Gasteiger charge is -2.13. The first-order valence-electron chi connectivity index (χ1n) is 5.12. The van der Waals surface area contributed by atoms with Crippen molar-refractivity contribution in [3.63, 3.8) is 0 Å². The van der Waals surface area contributed by atoms with Gasteiger partial charge in [-0.15, -0.1) is 0 Å². The Labute approximate surface area is 89.7 Å². The zero-order valence-corrected chi connectivity index (χ0v) is 9.01. The van der Waals surface area contributed by atoms with Gasteiger partial charge in [-0.3, -0.25) is 9.69 Å². The van der Waals surface area contributed by atoms with Gasteiger partial charge in [0.1, 0.15) is 6.04 Å². The molecular weight excluding hydrogens is 190 g/mol. The molecule has 0 saturated carbocycles. The Morgan fingerprint density at radius 2 is 2.13 bits per heavy atom. The molecule has 1 heterocycles. The Bertz CT molecular complexity index is 350. The second-order valence-electron chi connectivity index (χ2n) is 3.82. The maximum Gasteiger partial charge on any atom is 0.324 e. The summed E-state index contributed by atoms with van der Waals surface area (Å²) < 4.78 is 4.71. The Morgan fingerprint density at radius 3 is 2.73 bits per heavy atom. The molecule has 0 spiro atoms. The van der Waals surface area contributed by atoms with Gasteiger partial charge in [0.2, 0.25) is 0 Å². The Morgan fingerprint density at radius 1 is 1.47 bits per heavy atom. The quantitative estimate of drug-likeness (QED) is 0.554. The first-order chi connectivity index (χ1) is 7.24. The van der Waals surface area contributed by atoms with E-state index in [1.54, 1.807) is 0 Å². The molecule has 3 heteroatoms. The Hall–Kier alpha value is -1.35. The van der Waals surface area contributed by atoms with E-state index in [-0.39, 0.29) is 18.1 Å². The van der Waals surface area contributed by atoms with Crippen molar-refractivity contribution in [3.05, 3.63) is 35.9 Å². The third kappa shape index (κ3) is 2.02. The molecule has 3 atom stereocenters. The lowest BCUT2D eigenvalue weighted by atomic mass is 10.1. The molecule has 1 fully saturated rings. The Balaban J connectivity index is 2.00. The number of hydrogen-bond donors (Lipinski definition) is 0. The van der Waals surface area contributed by atoms with Gasteiger partial charge in [-0.1, -0.05) is 30.3 Å². The monoisotopic (exact) mass is 205 g/mol. The van der Waals surface area contributed by atoms with Crippen molar-refractivity contribution in [2.45, 2.75) is 19.0 Å². The van der Waals surface area contributed by atoms with Crippen molar-refractivity contribution in [1.82, 2.24) is 4.90 Å². The average Bonchev–Trinajstić information content (AvgIpc) is 3.08. The van der Waals surface area contributed by atoms with E-state index in [0.29, 0.717) is 0 Å². The molecule has 1 aliphatic rings. The number of carbonyl (C=O) groups excluding carboxylic acids is 1. The molecule has 0 amide bonds. The van der Waals surface area contributed by atoms with Gasteiger partial charge in [-0.05, 0) is 12.5 Å². The molecule has 1 aliphatic heterocycles. The van der Waals surface area contributed by atoms with Crippen LogP contribution < -0.4 is 0 Å². The van der Waals surface area contributed by atoms with Gasteiger partial charge in [0.05, 0.1) is 7.11 Å². The van der Waals surface area contributed by atoms with Crippen LogP contribution in [-0.4, -0.2) is 30.6 Å². The lowest BCUT2D eigenvalue weighted by Crippen LogP contribution is -2.16. The number of rotatable bonds is 3. The fourth-order valence-electron chi connectivity index (χ4n) is 1.85. The first-order valence-corrected chi connectivity index (χ1v) is 5.12. The van der Waals surface area contributed by atoms with E-state index in [2.05, 4.69) is 24.0 Å². The van der Waals surface area contributed by atoms with E-state index in [1.807, 2.05) is 18.2 Å². The maximum atomic E-state index is 11.3. The predicted octanol–water partition coefficient (Wildman–Crippen LogP) is 1.60. The van der Waals surface area contributed by atoms with Gasteiger partial charge in [-0.25, -0.2) is 0 Å². The van der Waals surface area contributed by atoms with Crippen molar-refractivity contribution >= 4 is 5.97 Å². The molecule has 0 radical (unpaired) electrons. The molecule has 1 unspecified atom stereocenters. The number of ether oxygens (including phenoxy) is 1. The maximum absolute atomic E-state index is 11.3. The van der Waals surface area contributed by atoms with E-state index in [4.69, 9.17) is 4.74 Å². The summed E-state index contributed by atoms with van der Waals surface area (Å²) in [5, 5.41) is 0. The minimum Gasteiger partial charge on any atom is -0.468 e. The first kappa shape index (κ1) is 10.2. The smallest absolute Gasteiger partial charge is 0.324 e. The summed E-state index contributed by atoms with van der Waals surface area (Å²) >= 11 is 0. The number of benzene rings is 1. The normalized spacial score (nSPS) is 25.7. The van der Waals surface area contributed by atoms with Crippen LogP contribution in [-0.2, 0) is 9.53 Å². The van der Waals surface area contributed by atoms with Crippen molar-refractivity contribution in [2.24, 2.45) is 0 Å². The van der Waals surface area contributed by atoms with E-state index >= 15 is 0 Å². The summed E-state index contributed by atoms with van der Waals surface area (Å²) in [4.78, 5) is 13.4. The summed E-state index contributed by atoms with van der Waals surface area (Å²) in [5.41, 5.74) is 1.24. The van der Waals surface area contributed by atoms with Crippen molar-refractivity contribution in [3.8, 4) is 0 Å². The summed E-state index contributed by atoms with van der Waals surface area (Å²) in [5.74, 6) is -0.127. The summed E-state index contributed by atoms with van der Waals surface area (Å²) in [6.07, 6.45) is 0. The molecule has 0 aliphatic carbocycles. The van der Waals surface area contributed by atoms with Crippen LogP contribution in [0.15, 0.2) is 30.3 Å². The average molecular weight is 205 g/mol. The van der Waals surface area contributed by atoms with Gasteiger partial charge in [-0.2, -0.15) is 0 Å². The molecule has 1 aromatic rings. The van der Waals surface area contributed by atoms with Crippen LogP contribution >= 0.6 is 0 Å². The fourth-order valence-corrected chi connectivity index (χ4v) is 1.85. The van der Waals surface area contributed by atoms with E-state index in [9.17, 15) is 4.79 Å². The van der Waals surface area contributed by atoms with Crippen LogP contribution in [0.4, 0.5) is 0 Å². The van der Waals surface area contributed by atoms with Crippen molar-refractivity contribution < 1.29 is 9.53 Å². The van der Waals surface area contributed by atoms with Crippen LogP contribution in [0.1, 0.15) is 18.5 Å². The van der Waals surface area contributed by atoms with E-state index in [1.165, 1.54) is 12.7 Å². The molecule has 0 aromatic heterocycles. The minimum atomic E-state index is -0.127. The number of carbonyl (C=O) groups is 1. The second-order valence-corrected chi connectivity index (χ2v) is 3.82. The standard InChI is InChI=1S/C12H15NO2/c1-9(10-6-4-3-5-7-10)13-8-11(13)12(14)15-2/h3-7,9,11H,8H2,1-2H3/t9-,11+,13?/m1/s1. The molecule has 0 N–H and O–H groups in total. The molecule has 1 saturated heterocycles. The zero-order chi connectivity index (χ0) is 10.8. The zero-order valence-electron chi connectivity index (χ0n) is 9.01. The van der Waals surface area contributed by atoms with E-state index < -0.39 is 0 Å². The Kier molecular flexibility index (Phi) is 2.73. The minimum absolute atomic E-state index is 0.0368. The fraction of sp³-hybridized carbons (Fsp3) is 0.417. The van der Waals surface area contributed by atoms with Gasteiger partial charge in [0, 0.05) is 12.6 Å². The predicted molar refractivity (Wildman–Crippen MR) is 57.4 cm³/mol. The second kappa shape index (κ2) is 4.03. The van der Waals surface area contributed by atoms with Gasteiger partial charge in [0.25, 0.3) is 0 Å². The highest BCUT2D eigenvalue weighted by molar-refractivity contribution is 5.79. The summed E-state index contributed by atoms with van der Waals surface area (Å²) in [6, 6.07) is 10.4. The van der Waals surface area contributed by atoms with Gasteiger partial charge in [0.15, 0.2) is 0 Å². The highest BCUT2D eigenvalue weighted by atomic mass is 16.5. The van der Waals surface area contributed by atoms with Crippen LogP contribution in [0, 0.1) is 0 Å². The lowest BCUT2D eigenvalue weighted by molar-refractivity contribution is -0.141. The van der Waals surface area contributed by atoms with Crippen LogP contribution in [0.25, 0.3) is 0 Å². The molecule has 1 aromatic carbocycles. The SMILES string of the molecule is COC(=O)[C@@H]1CN1[C@H](C)c1ccccc1. The molecule has 15 heavy (non-hydrogen) atoms. The number of methoxy groups -OCH3 is 1. The molecule has 80 valence electrons. The molecule has 2 rings (SSSR count). The largest absolute Gasteiger partial charge is 0.468 e. The highest BCUT2D eigenvalue weighted by Crippen LogP contribution is 2.31. The van der Waals surface area contributed by atoms with Crippen molar-refractivity contribution in [1.29, 1.82) is 0 Å². The molecular formula is C12H15NO2. The number of nitrogens with zero attached hydrogens (tertiary/aromatic N) is 1. The van der Waals surface area contributed by atoms with Crippen molar-refractivity contribution in [2.75, 3.05) is 13.7 Å². The van der Waals surface area contributed by atoms with Crippen LogP contribution in [0.3, 0.4) is 0 Å².